The van der Waals surface area contributed by atoms with Crippen molar-refractivity contribution in [3.8, 4) is 0 Å². The maximum atomic E-state index is 11.5. The molecule has 0 aromatic carbocycles. The van der Waals surface area contributed by atoms with Crippen LogP contribution in [-0.2, 0) is 9.53 Å². The van der Waals surface area contributed by atoms with Crippen LogP contribution in [0.5, 0.6) is 0 Å². The molecule has 5 heteroatoms. The Balaban J connectivity index is 1.96. The van der Waals surface area contributed by atoms with Gasteiger partial charge in [0.05, 0.1) is 6.10 Å². The fourth-order valence-corrected chi connectivity index (χ4v) is 3.38. The molecule has 3 unspecified atom stereocenters. The molecule has 0 aromatic heterocycles. The van der Waals surface area contributed by atoms with Crippen molar-refractivity contribution in [2.24, 2.45) is 0 Å². The molecule has 1 saturated carbocycles. The number of nitrogens with zero attached hydrogens (tertiary/aromatic N) is 1. The molecule has 3 atom stereocenters. The summed E-state index contributed by atoms with van der Waals surface area (Å²) < 4.78 is 5.37. The van der Waals surface area contributed by atoms with Crippen molar-refractivity contribution in [2.75, 3.05) is 26.7 Å². The van der Waals surface area contributed by atoms with Crippen LogP contribution in [0.3, 0.4) is 0 Å². The third-order valence-electron chi connectivity index (χ3n) is 4.44. The minimum Gasteiger partial charge on any atom is -0.480 e. The molecular weight excluding hydrogens is 232 g/mol. The maximum absolute atomic E-state index is 11.5. The second-order valence-corrected chi connectivity index (χ2v) is 5.46. The van der Waals surface area contributed by atoms with Crippen LogP contribution in [0.15, 0.2) is 0 Å². The Bertz CT molecular complexity index is 311. The minimum atomic E-state index is -0.704. The second kappa shape index (κ2) is 5.55. The Kier molecular flexibility index (Phi) is 4.25. The predicted molar refractivity (Wildman–Crippen MR) is 68.7 cm³/mol. The van der Waals surface area contributed by atoms with Gasteiger partial charge in [-0.2, -0.15) is 0 Å². The van der Waals surface area contributed by atoms with Gasteiger partial charge >= 0.3 is 5.97 Å². The van der Waals surface area contributed by atoms with Crippen LogP contribution >= 0.6 is 0 Å². The van der Waals surface area contributed by atoms with Crippen molar-refractivity contribution in [3.63, 3.8) is 0 Å². The van der Waals surface area contributed by atoms with Crippen molar-refractivity contribution in [3.05, 3.63) is 0 Å². The van der Waals surface area contributed by atoms with E-state index in [-0.39, 0.29) is 0 Å². The largest absolute Gasteiger partial charge is 0.480 e. The van der Waals surface area contributed by atoms with E-state index in [1.165, 1.54) is 0 Å². The van der Waals surface area contributed by atoms with E-state index in [0.29, 0.717) is 25.1 Å². The van der Waals surface area contributed by atoms with Gasteiger partial charge in [0.25, 0.3) is 0 Å². The first-order valence-corrected chi connectivity index (χ1v) is 6.86. The van der Waals surface area contributed by atoms with Crippen molar-refractivity contribution in [1.29, 1.82) is 0 Å². The average molecular weight is 256 g/mol. The van der Waals surface area contributed by atoms with E-state index in [9.17, 15) is 9.90 Å². The molecule has 1 saturated heterocycles. The van der Waals surface area contributed by atoms with Gasteiger partial charge in [-0.25, -0.2) is 0 Å². The first-order valence-electron chi connectivity index (χ1n) is 6.86. The number of carboxylic acids is 1. The second-order valence-electron chi connectivity index (χ2n) is 5.46. The number of carboxylic acid groups (broad SMARTS) is 1. The third kappa shape index (κ3) is 2.53. The van der Waals surface area contributed by atoms with Gasteiger partial charge in [-0.15, -0.1) is 0 Å². The summed E-state index contributed by atoms with van der Waals surface area (Å²) in [6, 6.07) is 0.389. The molecule has 2 N–H and O–H groups in total. The molecule has 2 fully saturated rings. The molecule has 1 heterocycles. The van der Waals surface area contributed by atoms with Gasteiger partial charge in [0.1, 0.15) is 5.54 Å². The fraction of sp³-hybridized carbons (Fsp3) is 0.923. The van der Waals surface area contributed by atoms with Gasteiger partial charge in [0.2, 0.25) is 0 Å². The van der Waals surface area contributed by atoms with Crippen LogP contribution in [0.1, 0.15) is 32.6 Å². The Hall–Kier alpha value is -0.650. The highest BCUT2D eigenvalue weighted by Crippen LogP contribution is 2.35. The van der Waals surface area contributed by atoms with Crippen LogP contribution in [0.4, 0.5) is 0 Å². The molecule has 1 aliphatic heterocycles. The van der Waals surface area contributed by atoms with Crippen LogP contribution in [0.2, 0.25) is 0 Å². The van der Waals surface area contributed by atoms with E-state index in [1.807, 2.05) is 6.92 Å². The van der Waals surface area contributed by atoms with Crippen molar-refractivity contribution < 1.29 is 14.6 Å². The molecule has 2 rings (SSSR count). The minimum absolute atomic E-state index is 0.323. The van der Waals surface area contributed by atoms with E-state index in [1.54, 1.807) is 7.11 Å². The lowest BCUT2D eigenvalue weighted by molar-refractivity contribution is -0.144. The highest BCUT2D eigenvalue weighted by Gasteiger charge is 2.47. The Morgan fingerprint density at radius 3 is 2.89 bits per heavy atom. The van der Waals surface area contributed by atoms with Crippen LogP contribution in [0, 0.1) is 0 Å². The quantitative estimate of drug-likeness (QED) is 0.758. The van der Waals surface area contributed by atoms with Crippen molar-refractivity contribution in [1.82, 2.24) is 10.2 Å². The van der Waals surface area contributed by atoms with Crippen molar-refractivity contribution in [2.45, 2.75) is 50.3 Å². The van der Waals surface area contributed by atoms with Crippen LogP contribution < -0.4 is 5.32 Å². The summed E-state index contributed by atoms with van der Waals surface area (Å²) in [5.74, 6) is -0.700. The zero-order valence-electron chi connectivity index (χ0n) is 11.3. The first-order chi connectivity index (χ1) is 8.61. The molecule has 2 aliphatic rings. The molecule has 5 nitrogen and oxygen atoms in total. The summed E-state index contributed by atoms with van der Waals surface area (Å²) in [6.07, 6.45) is 3.80. The van der Waals surface area contributed by atoms with Crippen LogP contribution in [0.25, 0.3) is 0 Å². The first kappa shape index (κ1) is 13.8. The molecule has 0 radical (unpaired) electrons. The molecule has 0 amide bonds. The highest BCUT2D eigenvalue weighted by molar-refractivity contribution is 5.79. The number of hydrogen-bond donors (Lipinski definition) is 2. The molecule has 1 aliphatic carbocycles. The van der Waals surface area contributed by atoms with Crippen molar-refractivity contribution >= 4 is 5.97 Å². The Labute approximate surface area is 108 Å². The Morgan fingerprint density at radius 1 is 1.56 bits per heavy atom. The molecule has 104 valence electrons. The maximum Gasteiger partial charge on any atom is 0.323 e. The smallest absolute Gasteiger partial charge is 0.323 e. The van der Waals surface area contributed by atoms with Gasteiger partial charge in [-0.05, 0) is 32.2 Å². The number of aliphatic carboxylic acids is 1. The molecule has 0 bridgehead atoms. The summed E-state index contributed by atoms with van der Waals surface area (Å²) in [5, 5.41) is 12.6. The number of hydrogen-bond acceptors (Lipinski definition) is 4. The van der Waals surface area contributed by atoms with Crippen LogP contribution in [-0.4, -0.2) is 60.4 Å². The average Bonchev–Trinajstić information content (AvgIpc) is 2.95. The SMILES string of the molecule is CCNC1(C(=O)O)CCC(N2CCC(OC)C2)C1. The monoisotopic (exact) mass is 256 g/mol. The standard InChI is InChI=1S/C13H24N2O3/c1-3-14-13(12(16)17)6-4-10(8-13)15-7-5-11(9-15)18-2/h10-11,14H,3-9H2,1-2H3,(H,16,17). The lowest BCUT2D eigenvalue weighted by Gasteiger charge is -2.28. The molecule has 0 spiro atoms. The summed E-state index contributed by atoms with van der Waals surface area (Å²) in [4.78, 5) is 13.9. The zero-order chi connectivity index (χ0) is 13.2. The number of likely N-dealkylation sites (tertiary alicyclic amines) is 1. The number of rotatable bonds is 5. The van der Waals surface area contributed by atoms with Gasteiger partial charge in [0.15, 0.2) is 0 Å². The van der Waals surface area contributed by atoms with E-state index in [0.717, 1.165) is 32.4 Å². The summed E-state index contributed by atoms with van der Waals surface area (Å²) in [7, 11) is 1.75. The summed E-state index contributed by atoms with van der Waals surface area (Å²) >= 11 is 0. The van der Waals surface area contributed by atoms with Gasteiger partial charge in [-0.1, -0.05) is 6.92 Å². The highest BCUT2D eigenvalue weighted by atomic mass is 16.5. The van der Waals surface area contributed by atoms with E-state index >= 15 is 0 Å². The third-order valence-corrected chi connectivity index (χ3v) is 4.44. The molecule has 0 aromatic rings. The summed E-state index contributed by atoms with van der Waals surface area (Å²) in [6.45, 7) is 4.66. The van der Waals surface area contributed by atoms with E-state index < -0.39 is 11.5 Å². The van der Waals surface area contributed by atoms with E-state index in [4.69, 9.17) is 4.74 Å². The number of likely N-dealkylation sites (N-methyl/N-ethyl adjacent to an activating group) is 1. The number of ether oxygens (including phenoxy) is 1. The lowest BCUT2D eigenvalue weighted by Crippen LogP contribution is -2.51. The normalized spacial score (nSPS) is 37.2. The lowest BCUT2D eigenvalue weighted by atomic mass is 9.97. The number of methoxy groups -OCH3 is 1. The molecular formula is C13H24N2O3. The molecule has 18 heavy (non-hydrogen) atoms. The van der Waals surface area contributed by atoms with E-state index in [2.05, 4.69) is 10.2 Å². The van der Waals surface area contributed by atoms with Gasteiger partial charge < -0.3 is 15.2 Å². The number of carbonyl (C=O) groups is 1. The van der Waals surface area contributed by atoms with Gasteiger partial charge in [0, 0.05) is 26.2 Å². The summed E-state index contributed by atoms with van der Waals surface area (Å²) in [5.41, 5.74) is -0.704. The fourth-order valence-electron chi connectivity index (χ4n) is 3.38. The van der Waals surface area contributed by atoms with Gasteiger partial charge in [-0.3, -0.25) is 9.69 Å². The predicted octanol–water partition coefficient (Wildman–Crippen LogP) is 0.693. The Morgan fingerprint density at radius 2 is 2.33 bits per heavy atom. The topological polar surface area (TPSA) is 61.8 Å². The number of nitrogens with one attached hydrogen (secondary N) is 1. The zero-order valence-corrected chi connectivity index (χ0v) is 11.3.